The first-order chi connectivity index (χ1) is 6.86. The smallest absolute Gasteiger partial charge is 0.140 e. The van der Waals surface area contributed by atoms with Crippen molar-refractivity contribution >= 4 is 0 Å². The monoisotopic (exact) mass is 185 g/mol. The molecule has 0 amide bonds. The molecule has 0 saturated heterocycles. The molecule has 0 spiro atoms. The molecule has 0 radical (unpaired) electrons. The van der Waals surface area contributed by atoms with E-state index in [-0.39, 0.29) is 0 Å². The molecule has 0 saturated carbocycles. The number of imidazole rings is 1. The lowest BCUT2D eigenvalue weighted by Gasteiger charge is -2.18. The van der Waals surface area contributed by atoms with Crippen LogP contribution >= 0.6 is 0 Å². The number of nitrogens with zero attached hydrogens (tertiary/aromatic N) is 3. The van der Waals surface area contributed by atoms with Gasteiger partial charge in [-0.25, -0.2) is 4.98 Å². The largest absolute Gasteiger partial charge is 0.328 e. The molecule has 0 unspecified atom stereocenters. The molecule has 1 aliphatic rings. The molecule has 3 nitrogen and oxygen atoms in total. The van der Waals surface area contributed by atoms with Gasteiger partial charge in [0.25, 0.3) is 0 Å². The van der Waals surface area contributed by atoms with Gasteiger partial charge in [0, 0.05) is 36.4 Å². The van der Waals surface area contributed by atoms with Crippen molar-refractivity contribution in [3.63, 3.8) is 0 Å². The van der Waals surface area contributed by atoms with E-state index in [1.807, 2.05) is 24.7 Å². The number of hydrogen-bond acceptors (Lipinski definition) is 2. The lowest BCUT2D eigenvalue weighted by molar-refractivity contribution is 0.665. The van der Waals surface area contributed by atoms with E-state index in [0.717, 1.165) is 18.8 Å². The molecule has 0 N–H and O–H groups in total. The Hall–Kier alpha value is -1.64. The molecule has 0 aromatic carbocycles. The highest BCUT2D eigenvalue weighted by Gasteiger charge is 2.17. The lowest BCUT2D eigenvalue weighted by Crippen LogP contribution is -2.12. The van der Waals surface area contributed by atoms with Crippen LogP contribution in [0.15, 0.2) is 24.7 Å². The summed E-state index contributed by atoms with van der Waals surface area (Å²) in [6.07, 6.45) is 6.78. The second-order valence-electron chi connectivity index (χ2n) is 3.66. The fraction of sp³-hybridized carbons (Fsp3) is 0.273. The number of aryl methyl sites for hydroxylation is 2. The molecule has 3 rings (SSSR count). The van der Waals surface area contributed by atoms with Crippen LogP contribution in [0.4, 0.5) is 0 Å². The molecule has 0 atom stereocenters. The summed E-state index contributed by atoms with van der Waals surface area (Å²) in [7, 11) is 0. The van der Waals surface area contributed by atoms with Crippen LogP contribution in [-0.2, 0) is 13.0 Å². The number of hydrogen-bond donors (Lipinski definition) is 0. The first kappa shape index (κ1) is 7.74. The highest BCUT2D eigenvalue weighted by molar-refractivity contribution is 5.61. The maximum Gasteiger partial charge on any atom is 0.140 e. The van der Waals surface area contributed by atoms with Crippen molar-refractivity contribution in [2.75, 3.05) is 0 Å². The predicted octanol–water partition coefficient (Wildman–Crippen LogP) is 1.81. The van der Waals surface area contributed by atoms with E-state index in [0.29, 0.717) is 0 Å². The van der Waals surface area contributed by atoms with Gasteiger partial charge in [0.1, 0.15) is 5.82 Å². The van der Waals surface area contributed by atoms with E-state index >= 15 is 0 Å². The van der Waals surface area contributed by atoms with Crippen LogP contribution in [0.5, 0.6) is 0 Å². The van der Waals surface area contributed by atoms with Gasteiger partial charge < -0.3 is 4.57 Å². The van der Waals surface area contributed by atoms with Gasteiger partial charge in [0.05, 0.1) is 0 Å². The molecule has 1 aliphatic heterocycles. The van der Waals surface area contributed by atoms with Crippen molar-refractivity contribution in [2.24, 2.45) is 0 Å². The van der Waals surface area contributed by atoms with Crippen LogP contribution in [0.3, 0.4) is 0 Å². The lowest BCUT2D eigenvalue weighted by atomic mass is 10.0. The third-order valence-electron chi connectivity index (χ3n) is 2.80. The maximum atomic E-state index is 4.43. The number of aromatic nitrogens is 3. The van der Waals surface area contributed by atoms with Crippen molar-refractivity contribution in [2.45, 2.75) is 19.9 Å². The fourth-order valence-electron chi connectivity index (χ4n) is 2.03. The van der Waals surface area contributed by atoms with E-state index < -0.39 is 0 Å². The van der Waals surface area contributed by atoms with Crippen LogP contribution < -0.4 is 0 Å². The van der Waals surface area contributed by atoms with Gasteiger partial charge in [-0.1, -0.05) is 0 Å². The quantitative estimate of drug-likeness (QED) is 0.626. The molecular weight excluding hydrogens is 174 g/mol. The second-order valence-corrected chi connectivity index (χ2v) is 3.66. The van der Waals surface area contributed by atoms with Crippen molar-refractivity contribution in [3.8, 4) is 11.4 Å². The minimum atomic E-state index is 1.03. The summed E-state index contributed by atoms with van der Waals surface area (Å²) in [4.78, 5) is 8.57. The molecule has 0 aliphatic carbocycles. The van der Waals surface area contributed by atoms with E-state index in [4.69, 9.17) is 0 Å². The number of pyridine rings is 1. The van der Waals surface area contributed by atoms with E-state index in [1.165, 1.54) is 16.8 Å². The average Bonchev–Trinajstić information content (AvgIpc) is 2.61. The molecule has 70 valence electrons. The zero-order valence-corrected chi connectivity index (χ0v) is 8.07. The number of rotatable bonds is 0. The topological polar surface area (TPSA) is 30.7 Å². The van der Waals surface area contributed by atoms with Gasteiger partial charge in [-0.15, -0.1) is 0 Å². The first-order valence-corrected chi connectivity index (χ1v) is 4.81. The Morgan fingerprint density at radius 3 is 3.21 bits per heavy atom. The standard InChI is InChI=1S/C11H11N3/c1-8-6-13-11-10-2-4-12-7-9(10)3-5-14(8)11/h2,4,6-7H,3,5H2,1H3. The highest BCUT2D eigenvalue weighted by atomic mass is 15.1. The van der Waals surface area contributed by atoms with E-state index in [1.54, 1.807) is 0 Å². The molecule has 2 aromatic rings. The zero-order chi connectivity index (χ0) is 9.54. The van der Waals surface area contributed by atoms with Crippen LogP contribution in [0.25, 0.3) is 11.4 Å². The Labute approximate surface area is 82.4 Å². The van der Waals surface area contributed by atoms with Crippen molar-refractivity contribution in [3.05, 3.63) is 35.9 Å². The third-order valence-corrected chi connectivity index (χ3v) is 2.80. The van der Waals surface area contributed by atoms with Gasteiger partial charge in [-0.3, -0.25) is 4.98 Å². The predicted molar refractivity (Wildman–Crippen MR) is 53.9 cm³/mol. The average molecular weight is 185 g/mol. The van der Waals surface area contributed by atoms with Crippen LogP contribution in [0.2, 0.25) is 0 Å². The van der Waals surface area contributed by atoms with Gasteiger partial charge >= 0.3 is 0 Å². The minimum absolute atomic E-state index is 1.03. The van der Waals surface area contributed by atoms with Gasteiger partial charge in [0.2, 0.25) is 0 Å². The SMILES string of the molecule is Cc1cnc2n1CCc1cnccc1-2. The molecular formula is C11H11N3. The van der Waals surface area contributed by atoms with E-state index in [2.05, 4.69) is 21.5 Å². The Kier molecular flexibility index (Phi) is 1.48. The second kappa shape index (κ2) is 2.67. The van der Waals surface area contributed by atoms with Gasteiger partial charge in [-0.05, 0) is 25.0 Å². The normalized spacial score (nSPS) is 13.5. The van der Waals surface area contributed by atoms with Gasteiger partial charge in [-0.2, -0.15) is 0 Å². The summed E-state index contributed by atoms with van der Waals surface area (Å²) in [6.45, 7) is 3.13. The van der Waals surface area contributed by atoms with Crippen LogP contribution in [0, 0.1) is 6.92 Å². The minimum Gasteiger partial charge on any atom is -0.328 e. The maximum absolute atomic E-state index is 4.43. The molecule has 0 bridgehead atoms. The van der Waals surface area contributed by atoms with E-state index in [9.17, 15) is 0 Å². The Bertz CT molecular complexity index is 485. The summed E-state index contributed by atoms with van der Waals surface area (Å²) in [6, 6.07) is 2.05. The fourth-order valence-corrected chi connectivity index (χ4v) is 2.03. The summed E-state index contributed by atoms with van der Waals surface area (Å²) in [5, 5.41) is 0. The van der Waals surface area contributed by atoms with Crippen molar-refractivity contribution < 1.29 is 0 Å². The Balaban J connectivity index is 2.29. The highest BCUT2D eigenvalue weighted by Crippen LogP contribution is 2.27. The molecule has 0 fully saturated rings. The summed E-state index contributed by atoms with van der Waals surface area (Å²) >= 11 is 0. The zero-order valence-electron chi connectivity index (χ0n) is 8.07. The first-order valence-electron chi connectivity index (χ1n) is 4.81. The summed E-state index contributed by atoms with van der Waals surface area (Å²) in [5.41, 5.74) is 3.78. The molecule has 14 heavy (non-hydrogen) atoms. The van der Waals surface area contributed by atoms with Gasteiger partial charge in [0.15, 0.2) is 0 Å². The van der Waals surface area contributed by atoms with Crippen LogP contribution in [-0.4, -0.2) is 14.5 Å². The third kappa shape index (κ3) is 0.923. The summed E-state index contributed by atoms with van der Waals surface area (Å²) in [5.74, 6) is 1.09. The summed E-state index contributed by atoms with van der Waals surface area (Å²) < 4.78 is 2.27. The Morgan fingerprint density at radius 1 is 1.36 bits per heavy atom. The van der Waals surface area contributed by atoms with Crippen molar-refractivity contribution in [1.82, 2.24) is 14.5 Å². The number of fused-ring (bicyclic) bond motifs is 3. The van der Waals surface area contributed by atoms with Crippen molar-refractivity contribution in [1.29, 1.82) is 0 Å². The molecule has 3 heteroatoms. The molecule has 3 heterocycles. The molecule has 2 aromatic heterocycles. The Morgan fingerprint density at radius 2 is 2.29 bits per heavy atom. The van der Waals surface area contributed by atoms with Crippen LogP contribution in [0.1, 0.15) is 11.3 Å².